The number of halogens is 1. The number of amides is 2. The van der Waals surface area contributed by atoms with Gasteiger partial charge in [-0.3, -0.25) is 9.59 Å². The predicted molar refractivity (Wildman–Crippen MR) is 104 cm³/mol. The Morgan fingerprint density at radius 2 is 1.86 bits per heavy atom. The average Bonchev–Trinajstić information content (AvgIpc) is 2.64. The fourth-order valence-electron chi connectivity index (χ4n) is 2.02. The zero-order valence-corrected chi connectivity index (χ0v) is 16.1. The molecule has 1 aromatic carbocycles. The van der Waals surface area contributed by atoms with Crippen LogP contribution < -0.4 is 10.6 Å². The third-order valence-corrected chi connectivity index (χ3v) is 3.62. The van der Waals surface area contributed by atoms with E-state index < -0.39 is 24.3 Å². The van der Waals surface area contributed by atoms with Crippen molar-refractivity contribution in [2.45, 2.75) is 46.0 Å². The molecular weight excluding hydrogens is 367 g/mol. The number of carboxylic acid groups (broad SMARTS) is 1. The summed E-state index contributed by atoms with van der Waals surface area (Å²) in [7, 11) is 0. The molecule has 0 aliphatic carbocycles. The van der Waals surface area contributed by atoms with Gasteiger partial charge in [0.05, 0.1) is 6.42 Å². The summed E-state index contributed by atoms with van der Waals surface area (Å²) in [6.07, 6.45) is 2.91. The smallest absolute Gasteiger partial charge is 0.408 e. The quantitative estimate of drug-likeness (QED) is 0.557. The summed E-state index contributed by atoms with van der Waals surface area (Å²) in [5.74, 6) is -1.40. The third-order valence-electron chi connectivity index (χ3n) is 3.62. The van der Waals surface area contributed by atoms with Gasteiger partial charge in [-0.1, -0.05) is 30.4 Å². The van der Waals surface area contributed by atoms with Crippen molar-refractivity contribution in [1.29, 1.82) is 0 Å². The Labute approximate surface area is 163 Å². The lowest BCUT2D eigenvalue weighted by Crippen LogP contribution is -2.38. The van der Waals surface area contributed by atoms with Gasteiger partial charge in [0.2, 0.25) is 5.91 Å². The van der Waals surface area contributed by atoms with Crippen molar-refractivity contribution in [1.82, 2.24) is 5.32 Å². The minimum absolute atomic E-state index is 0.0403. The molecule has 0 spiro atoms. The predicted octanol–water partition coefficient (Wildman–Crippen LogP) is 3.58. The lowest BCUT2D eigenvalue weighted by Gasteiger charge is -2.10. The van der Waals surface area contributed by atoms with Crippen LogP contribution in [0.5, 0.6) is 0 Å². The second-order valence-corrected chi connectivity index (χ2v) is 6.10. The molecule has 0 aliphatic heterocycles. The number of anilines is 1. The molecule has 0 fully saturated rings. The van der Waals surface area contributed by atoms with E-state index in [2.05, 4.69) is 10.6 Å². The van der Waals surface area contributed by atoms with Crippen molar-refractivity contribution in [3.8, 4) is 0 Å². The molecule has 1 aromatic rings. The first-order valence-electron chi connectivity index (χ1n) is 8.73. The summed E-state index contributed by atoms with van der Waals surface area (Å²) >= 11 is 0. The van der Waals surface area contributed by atoms with Gasteiger partial charge in [0.25, 0.3) is 0 Å². The van der Waals surface area contributed by atoms with E-state index in [1.54, 1.807) is 43.3 Å². The maximum atomic E-state index is 12.9. The molecule has 0 bridgehead atoms. The summed E-state index contributed by atoms with van der Waals surface area (Å²) in [5.41, 5.74) is 1.94. The van der Waals surface area contributed by atoms with Gasteiger partial charge in [-0.15, -0.1) is 0 Å². The molecule has 152 valence electrons. The van der Waals surface area contributed by atoms with E-state index in [1.807, 2.05) is 0 Å². The zero-order valence-electron chi connectivity index (χ0n) is 16.1. The molecule has 0 aliphatic rings. The summed E-state index contributed by atoms with van der Waals surface area (Å²) in [5, 5.41) is 13.6. The number of hydrogen-bond acceptors (Lipinski definition) is 4. The second-order valence-electron chi connectivity index (χ2n) is 6.10. The van der Waals surface area contributed by atoms with Gasteiger partial charge in [0.15, 0.2) is 0 Å². The van der Waals surface area contributed by atoms with Crippen LogP contribution in [0.15, 0.2) is 48.1 Å². The fraction of sp³-hybridized carbons (Fsp3) is 0.350. The largest absolute Gasteiger partial charge is 0.480 e. The topological polar surface area (TPSA) is 105 Å². The lowest BCUT2D eigenvalue weighted by molar-refractivity contribution is -0.138. The number of hydrogen-bond donors (Lipinski definition) is 3. The van der Waals surface area contributed by atoms with Gasteiger partial charge in [0, 0.05) is 5.69 Å². The van der Waals surface area contributed by atoms with Crippen LogP contribution in [0.4, 0.5) is 14.9 Å². The molecule has 7 nitrogen and oxygen atoms in total. The van der Waals surface area contributed by atoms with E-state index in [1.165, 1.54) is 19.9 Å². The maximum absolute atomic E-state index is 12.9. The van der Waals surface area contributed by atoms with E-state index in [4.69, 9.17) is 9.84 Å². The van der Waals surface area contributed by atoms with Crippen LogP contribution in [0.1, 0.15) is 32.8 Å². The molecule has 0 aromatic heterocycles. The Bertz CT molecular complexity index is 741. The van der Waals surface area contributed by atoms with Crippen molar-refractivity contribution in [3.63, 3.8) is 0 Å². The van der Waals surface area contributed by atoms with Crippen molar-refractivity contribution in [3.05, 3.63) is 53.6 Å². The molecule has 0 unspecified atom stereocenters. The molecule has 0 saturated heterocycles. The molecule has 0 heterocycles. The highest BCUT2D eigenvalue weighted by atomic mass is 19.1. The van der Waals surface area contributed by atoms with Crippen LogP contribution in [0, 0.1) is 0 Å². The minimum atomic E-state index is -1.16. The third kappa shape index (κ3) is 8.98. The highest BCUT2D eigenvalue weighted by Gasteiger charge is 2.14. The molecule has 8 heteroatoms. The standard InChI is InChI=1S/C20H25FN2O5/c1-4-15(6-5-13(2)21)11-18(24)23-17-9-7-16(8-10-17)12-28-20(27)22-14(3)19(25)26/h4-10,13-14H,11-12H2,1-3H3,(H,22,27)(H,23,24)(H,25,26)/b6-5-,15-4+/t13-,14-/m1/s1. The number of rotatable bonds is 9. The number of nitrogens with one attached hydrogen (secondary N) is 2. The van der Waals surface area contributed by atoms with E-state index in [0.717, 1.165) is 0 Å². The normalized spacial score (nSPS) is 13.6. The van der Waals surface area contributed by atoms with Gasteiger partial charge in [-0.05, 0) is 44.0 Å². The summed E-state index contributed by atoms with van der Waals surface area (Å²) in [4.78, 5) is 34.2. The highest BCUT2D eigenvalue weighted by molar-refractivity contribution is 5.92. The van der Waals surface area contributed by atoms with Crippen LogP contribution in [0.25, 0.3) is 0 Å². The Hall–Kier alpha value is -3.16. The number of alkyl halides is 1. The number of carbonyl (C=O) groups excluding carboxylic acids is 2. The highest BCUT2D eigenvalue weighted by Crippen LogP contribution is 2.13. The molecular formula is C20H25FN2O5. The van der Waals surface area contributed by atoms with Crippen molar-refractivity contribution < 1.29 is 28.6 Å². The second kappa shape index (κ2) is 11.5. The van der Waals surface area contributed by atoms with Crippen molar-refractivity contribution in [2.24, 2.45) is 0 Å². The molecule has 1 rings (SSSR count). The Morgan fingerprint density at radius 3 is 2.39 bits per heavy atom. The Kier molecular flexibility index (Phi) is 9.42. The fourth-order valence-corrected chi connectivity index (χ4v) is 2.02. The molecule has 28 heavy (non-hydrogen) atoms. The van der Waals surface area contributed by atoms with Gasteiger partial charge in [-0.25, -0.2) is 9.18 Å². The van der Waals surface area contributed by atoms with Gasteiger partial charge in [-0.2, -0.15) is 0 Å². The molecule has 3 N–H and O–H groups in total. The monoisotopic (exact) mass is 392 g/mol. The summed E-state index contributed by atoms with van der Waals surface area (Å²) in [6.45, 7) is 4.47. The van der Waals surface area contributed by atoms with Crippen LogP contribution >= 0.6 is 0 Å². The zero-order chi connectivity index (χ0) is 21.1. The Balaban J connectivity index is 2.50. The first kappa shape index (κ1) is 22.9. The van der Waals surface area contributed by atoms with Gasteiger partial charge >= 0.3 is 12.1 Å². The molecule has 0 radical (unpaired) electrons. The number of alkyl carbamates (subject to hydrolysis) is 1. The number of aliphatic carboxylic acids is 1. The summed E-state index contributed by atoms with van der Waals surface area (Å²) in [6, 6.07) is 5.61. The van der Waals surface area contributed by atoms with Gasteiger partial charge in [0.1, 0.15) is 18.8 Å². The Morgan fingerprint density at radius 1 is 1.21 bits per heavy atom. The number of allylic oxidation sites excluding steroid dienone is 3. The van der Waals surface area contributed by atoms with Crippen LogP contribution in [0.3, 0.4) is 0 Å². The van der Waals surface area contributed by atoms with Crippen molar-refractivity contribution >= 4 is 23.7 Å². The van der Waals surface area contributed by atoms with Crippen LogP contribution in [-0.2, 0) is 20.9 Å². The minimum Gasteiger partial charge on any atom is -0.480 e. The van der Waals surface area contributed by atoms with Crippen LogP contribution in [-0.4, -0.2) is 35.3 Å². The number of ether oxygens (including phenoxy) is 1. The van der Waals surface area contributed by atoms with Crippen LogP contribution in [0.2, 0.25) is 0 Å². The molecule has 0 saturated carbocycles. The van der Waals surface area contributed by atoms with Crippen molar-refractivity contribution in [2.75, 3.05) is 5.32 Å². The molecule has 2 atom stereocenters. The maximum Gasteiger partial charge on any atom is 0.408 e. The first-order chi connectivity index (χ1) is 13.2. The van der Waals surface area contributed by atoms with E-state index in [9.17, 15) is 18.8 Å². The SMILES string of the molecule is C/C=C(\C=C/[C@@H](C)F)CC(=O)Nc1ccc(COC(=O)N[C@H](C)C(=O)O)cc1. The summed E-state index contributed by atoms with van der Waals surface area (Å²) < 4.78 is 17.8. The number of benzene rings is 1. The van der Waals surface area contributed by atoms with E-state index in [-0.39, 0.29) is 18.9 Å². The lowest BCUT2D eigenvalue weighted by atomic mass is 10.1. The molecule has 2 amide bonds. The van der Waals surface area contributed by atoms with E-state index >= 15 is 0 Å². The van der Waals surface area contributed by atoms with E-state index in [0.29, 0.717) is 16.8 Å². The van der Waals surface area contributed by atoms with Gasteiger partial charge < -0.3 is 20.5 Å². The first-order valence-corrected chi connectivity index (χ1v) is 8.73. The average molecular weight is 392 g/mol. The number of carbonyl (C=O) groups is 3. The number of carboxylic acids is 1.